The number of halogens is 1. The Bertz CT molecular complexity index is 808. The summed E-state index contributed by atoms with van der Waals surface area (Å²) < 4.78 is 15.7. The minimum atomic E-state index is -0.572. The minimum Gasteiger partial charge on any atom is -0.496 e. The van der Waals surface area contributed by atoms with Crippen LogP contribution >= 0.6 is 15.9 Å². The summed E-state index contributed by atoms with van der Waals surface area (Å²) in [4.78, 5) is 29.0. The van der Waals surface area contributed by atoms with Gasteiger partial charge in [-0.1, -0.05) is 6.07 Å². The van der Waals surface area contributed by atoms with E-state index in [-0.39, 0.29) is 11.1 Å². The van der Waals surface area contributed by atoms with Crippen molar-refractivity contribution in [2.24, 2.45) is 0 Å². The van der Waals surface area contributed by atoms with Gasteiger partial charge in [-0.05, 0) is 47.5 Å². The van der Waals surface area contributed by atoms with Gasteiger partial charge in [0.2, 0.25) is 0 Å². The van der Waals surface area contributed by atoms with E-state index in [1.54, 1.807) is 39.2 Å². The zero-order chi connectivity index (χ0) is 18.7. The Morgan fingerprint density at radius 1 is 0.960 bits per heavy atom. The zero-order valence-electron chi connectivity index (χ0n) is 14.6. The van der Waals surface area contributed by atoms with Gasteiger partial charge in [0.05, 0.1) is 48.3 Å². The maximum absolute atomic E-state index is 12.4. The molecule has 1 aromatic heterocycles. The van der Waals surface area contributed by atoms with E-state index >= 15 is 0 Å². The van der Waals surface area contributed by atoms with Gasteiger partial charge in [-0.25, -0.2) is 9.59 Å². The lowest BCUT2D eigenvalue weighted by Crippen LogP contribution is -2.16. The molecule has 0 spiro atoms. The fourth-order valence-electron chi connectivity index (χ4n) is 2.66. The van der Waals surface area contributed by atoms with E-state index in [1.807, 2.05) is 0 Å². The lowest BCUT2D eigenvalue weighted by atomic mass is 9.92. The van der Waals surface area contributed by atoms with Gasteiger partial charge in [-0.2, -0.15) is 0 Å². The van der Waals surface area contributed by atoms with Gasteiger partial charge in [0.15, 0.2) is 0 Å². The molecule has 0 aliphatic rings. The number of hydrogen-bond acceptors (Lipinski definition) is 6. The predicted octanol–water partition coefficient (Wildman–Crippen LogP) is 3.71. The fraction of sp³-hybridized carbons (Fsp3) is 0.278. The van der Waals surface area contributed by atoms with Gasteiger partial charge in [0.1, 0.15) is 5.75 Å². The molecule has 1 aromatic carbocycles. The summed E-state index contributed by atoms with van der Waals surface area (Å²) in [6, 6.07) is 5.27. The molecule has 0 amide bonds. The summed E-state index contributed by atoms with van der Waals surface area (Å²) in [5.41, 5.74) is 2.46. The number of ether oxygens (including phenoxy) is 3. The highest BCUT2D eigenvalue weighted by molar-refractivity contribution is 9.10. The molecule has 132 valence electrons. The minimum absolute atomic E-state index is 0.227. The molecule has 0 aliphatic heterocycles. The summed E-state index contributed by atoms with van der Waals surface area (Å²) in [6.07, 6.45) is 0. The van der Waals surface area contributed by atoms with Crippen molar-refractivity contribution in [1.82, 2.24) is 4.98 Å². The first-order valence-corrected chi connectivity index (χ1v) is 8.16. The molecule has 0 unspecified atom stereocenters. The predicted molar refractivity (Wildman–Crippen MR) is 96.1 cm³/mol. The second-order valence-electron chi connectivity index (χ2n) is 5.24. The molecule has 25 heavy (non-hydrogen) atoms. The van der Waals surface area contributed by atoms with Gasteiger partial charge in [0, 0.05) is 5.56 Å². The second kappa shape index (κ2) is 7.65. The largest absolute Gasteiger partial charge is 0.496 e. The van der Waals surface area contributed by atoms with E-state index in [1.165, 1.54) is 14.2 Å². The quantitative estimate of drug-likeness (QED) is 0.719. The Balaban J connectivity index is 2.91. The molecule has 0 saturated carbocycles. The topological polar surface area (TPSA) is 74.7 Å². The second-order valence-corrected chi connectivity index (χ2v) is 6.09. The fourth-order valence-corrected chi connectivity index (χ4v) is 3.21. The van der Waals surface area contributed by atoms with Crippen LogP contribution < -0.4 is 4.74 Å². The van der Waals surface area contributed by atoms with E-state index < -0.39 is 11.9 Å². The molecule has 0 N–H and O–H groups in total. The van der Waals surface area contributed by atoms with Gasteiger partial charge < -0.3 is 14.2 Å². The van der Waals surface area contributed by atoms with Gasteiger partial charge in [0.25, 0.3) is 0 Å². The van der Waals surface area contributed by atoms with Crippen LogP contribution in [-0.2, 0) is 9.47 Å². The smallest absolute Gasteiger partial charge is 0.340 e. The lowest BCUT2D eigenvalue weighted by molar-refractivity contribution is 0.0599. The third kappa shape index (κ3) is 3.51. The van der Waals surface area contributed by atoms with Crippen molar-refractivity contribution < 1.29 is 23.8 Å². The average molecular weight is 408 g/mol. The number of carbonyl (C=O) groups is 2. The standard InChI is InChI=1S/C18H18BrNO5/c1-9-14(17(21)24-4)16(15(10(2)20-9)18(22)25-5)11-6-7-13(23-3)12(19)8-11/h6-8H,1-5H3. The third-order valence-corrected chi connectivity index (χ3v) is 4.40. The maximum Gasteiger partial charge on any atom is 0.340 e. The number of esters is 2. The summed E-state index contributed by atoms with van der Waals surface area (Å²) in [6.45, 7) is 3.39. The first kappa shape index (κ1) is 18.9. The van der Waals surface area contributed by atoms with Crippen LogP contribution in [0.1, 0.15) is 32.1 Å². The van der Waals surface area contributed by atoms with Crippen molar-refractivity contribution in [2.45, 2.75) is 13.8 Å². The van der Waals surface area contributed by atoms with E-state index in [0.717, 1.165) is 0 Å². The average Bonchev–Trinajstić information content (AvgIpc) is 2.59. The SMILES string of the molecule is COC(=O)c1c(C)nc(C)c(C(=O)OC)c1-c1ccc(OC)c(Br)c1. The zero-order valence-corrected chi connectivity index (χ0v) is 16.2. The highest BCUT2D eigenvalue weighted by Gasteiger charge is 2.27. The van der Waals surface area contributed by atoms with Crippen LogP contribution in [0.5, 0.6) is 5.75 Å². The molecule has 0 atom stereocenters. The summed E-state index contributed by atoms with van der Waals surface area (Å²) in [5.74, 6) is -0.514. The van der Waals surface area contributed by atoms with Crippen LogP contribution in [0.15, 0.2) is 22.7 Å². The van der Waals surface area contributed by atoms with Crippen LogP contribution in [0.4, 0.5) is 0 Å². The van der Waals surface area contributed by atoms with Gasteiger partial charge in [-0.3, -0.25) is 4.98 Å². The van der Waals surface area contributed by atoms with Crippen LogP contribution in [0, 0.1) is 13.8 Å². The van der Waals surface area contributed by atoms with Gasteiger partial charge >= 0.3 is 11.9 Å². The van der Waals surface area contributed by atoms with E-state index in [4.69, 9.17) is 14.2 Å². The molecule has 6 nitrogen and oxygen atoms in total. The van der Waals surface area contributed by atoms with E-state index in [9.17, 15) is 9.59 Å². The van der Waals surface area contributed by atoms with Crippen molar-refractivity contribution >= 4 is 27.9 Å². The first-order valence-electron chi connectivity index (χ1n) is 7.37. The Labute approximate surface area is 154 Å². The van der Waals surface area contributed by atoms with Crippen LogP contribution in [-0.4, -0.2) is 38.3 Å². The molecule has 1 heterocycles. The number of carbonyl (C=O) groups excluding carboxylic acids is 2. The molecular formula is C18H18BrNO5. The monoisotopic (exact) mass is 407 g/mol. The number of aryl methyl sites for hydroxylation is 2. The summed E-state index contributed by atoms with van der Waals surface area (Å²) in [7, 11) is 4.13. The van der Waals surface area contributed by atoms with Crippen molar-refractivity contribution in [2.75, 3.05) is 21.3 Å². The molecule has 2 rings (SSSR count). The number of pyridine rings is 1. The Kier molecular flexibility index (Phi) is 5.79. The number of aromatic nitrogens is 1. The van der Waals surface area contributed by atoms with Gasteiger partial charge in [-0.15, -0.1) is 0 Å². The summed E-state index contributed by atoms with van der Waals surface area (Å²) >= 11 is 3.43. The number of rotatable bonds is 4. The molecule has 0 fully saturated rings. The normalized spacial score (nSPS) is 10.3. The van der Waals surface area contributed by atoms with Crippen LogP contribution in [0.3, 0.4) is 0 Å². The van der Waals surface area contributed by atoms with E-state index in [0.29, 0.717) is 32.7 Å². The molecule has 0 aliphatic carbocycles. The highest BCUT2D eigenvalue weighted by Crippen LogP contribution is 2.36. The number of benzene rings is 1. The number of hydrogen-bond donors (Lipinski definition) is 0. The Morgan fingerprint density at radius 3 is 1.88 bits per heavy atom. The molecule has 0 bridgehead atoms. The lowest BCUT2D eigenvalue weighted by Gasteiger charge is -2.17. The molecule has 2 aromatic rings. The Morgan fingerprint density at radius 2 is 1.48 bits per heavy atom. The van der Waals surface area contributed by atoms with Crippen molar-refractivity contribution in [3.05, 3.63) is 45.2 Å². The number of methoxy groups -OCH3 is 3. The molecule has 0 saturated heterocycles. The molecule has 7 heteroatoms. The first-order chi connectivity index (χ1) is 11.8. The summed E-state index contributed by atoms with van der Waals surface area (Å²) in [5, 5.41) is 0. The van der Waals surface area contributed by atoms with Crippen LogP contribution in [0.25, 0.3) is 11.1 Å². The third-order valence-electron chi connectivity index (χ3n) is 3.78. The van der Waals surface area contributed by atoms with Crippen LogP contribution in [0.2, 0.25) is 0 Å². The molecular weight excluding hydrogens is 390 g/mol. The van der Waals surface area contributed by atoms with Crippen molar-refractivity contribution in [3.8, 4) is 16.9 Å². The van der Waals surface area contributed by atoms with E-state index in [2.05, 4.69) is 20.9 Å². The molecule has 0 radical (unpaired) electrons. The van der Waals surface area contributed by atoms with Crippen molar-refractivity contribution in [3.63, 3.8) is 0 Å². The number of nitrogens with zero attached hydrogens (tertiary/aromatic N) is 1. The highest BCUT2D eigenvalue weighted by atomic mass is 79.9. The Hall–Kier alpha value is -2.41. The maximum atomic E-state index is 12.4. The van der Waals surface area contributed by atoms with Crippen molar-refractivity contribution in [1.29, 1.82) is 0 Å².